The molecule has 0 aromatic rings. The highest BCUT2D eigenvalue weighted by atomic mass is 16.3. The zero-order valence-electron chi connectivity index (χ0n) is 6.04. The monoisotopic (exact) mass is 129 g/mol. The molecule has 54 valence electrons. The zero-order valence-corrected chi connectivity index (χ0v) is 6.04. The minimum atomic E-state index is -0.468. The lowest BCUT2D eigenvalue weighted by molar-refractivity contribution is 0.150. The highest BCUT2D eigenvalue weighted by Gasteiger charge is 2.13. The Labute approximate surface area is 56.4 Å². The van der Waals surface area contributed by atoms with Crippen LogP contribution in [0.25, 0.3) is 0 Å². The molecule has 0 bridgehead atoms. The predicted octanol–water partition coefficient (Wildman–Crippen LogP) is 0.517. The van der Waals surface area contributed by atoms with Gasteiger partial charge in [-0.1, -0.05) is 13.0 Å². The van der Waals surface area contributed by atoms with Crippen LogP contribution in [-0.4, -0.2) is 17.3 Å². The van der Waals surface area contributed by atoms with Crippen molar-refractivity contribution in [1.29, 1.82) is 0 Å². The van der Waals surface area contributed by atoms with E-state index in [1.54, 1.807) is 0 Å². The Hall–Kier alpha value is -0.340. The van der Waals surface area contributed by atoms with Gasteiger partial charge in [0.2, 0.25) is 0 Å². The first-order valence-corrected chi connectivity index (χ1v) is 3.15. The third kappa shape index (κ3) is 2.63. The largest absolute Gasteiger partial charge is 0.389 e. The molecule has 2 nitrogen and oxygen atoms in total. The lowest BCUT2D eigenvalue weighted by Gasteiger charge is -2.18. The molecule has 0 saturated carbocycles. The van der Waals surface area contributed by atoms with E-state index in [0.29, 0.717) is 0 Å². The van der Waals surface area contributed by atoms with E-state index in [-0.39, 0.29) is 12.0 Å². The van der Waals surface area contributed by atoms with Crippen molar-refractivity contribution in [1.82, 2.24) is 0 Å². The van der Waals surface area contributed by atoms with Crippen LogP contribution < -0.4 is 5.73 Å². The maximum atomic E-state index is 9.10. The van der Waals surface area contributed by atoms with Crippen LogP contribution in [0.5, 0.6) is 0 Å². The fraction of sp³-hybridized carbons (Fsp3) is 0.714. The number of rotatable bonds is 3. The van der Waals surface area contributed by atoms with Gasteiger partial charge in [0, 0.05) is 12.0 Å². The lowest BCUT2D eigenvalue weighted by Crippen LogP contribution is -2.32. The predicted molar refractivity (Wildman–Crippen MR) is 39.0 cm³/mol. The first-order chi connectivity index (χ1) is 4.09. The minimum Gasteiger partial charge on any atom is -0.389 e. The van der Waals surface area contributed by atoms with Crippen molar-refractivity contribution in [2.24, 2.45) is 11.7 Å². The Morgan fingerprint density at radius 2 is 2.00 bits per heavy atom. The first-order valence-electron chi connectivity index (χ1n) is 3.15. The molecule has 0 fully saturated rings. The van der Waals surface area contributed by atoms with Crippen LogP contribution >= 0.6 is 0 Å². The highest BCUT2D eigenvalue weighted by Crippen LogP contribution is 2.06. The second-order valence-corrected chi connectivity index (χ2v) is 2.44. The van der Waals surface area contributed by atoms with Crippen molar-refractivity contribution >= 4 is 0 Å². The Morgan fingerprint density at radius 1 is 1.56 bits per heavy atom. The molecule has 1 unspecified atom stereocenters. The second kappa shape index (κ2) is 3.64. The number of hydrogen-bond acceptors (Lipinski definition) is 2. The lowest BCUT2D eigenvalue weighted by atomic mass is 9.98. The smallest absolute Gasteiger partial charge is 0.0758 e. The van der Waals surface area contributed by atoms with Gasteiger partial charge in [-0.2, -0.15) is 0 Å². The van der Waals surface area contributed by atoms with Crippen LogP contribution in [0.15, 0.2) is 12.7 Å². The summed E-state index contributed by atoms with van der Waals surface area (Å²) >= 11 is 0. The molecular weight excluding hydrogens is 114 g/mol. The van der Waals surface area contributed by atoms with Gasteiger partial charge in [0.25, 0.3) is 0 Å². The van der Waals surface area contributed by atoms with Crippen LogP contribution in [0.2, 0.25) is 0 Å². The Morgan fingerprint density at radius 3 is 2.11 bits per heavy atom. The maximum Gasteiger partial charge on any atom is 0.0758 e. The Bertz CT molecular complexity index is 90.9. The van der Waals surface area contributed by atoms with E-state index in [0.717, 1.165) is 0 Å². The SMILES string of the molecule is C=CC(O)[C@H](C)[C@H](C)N. The van der Waals surface area contributed by atoms with Crippen molar-refractivity contribution < 1.29 is 5.11 Å². The highest BCUT2D eigenvalue weighted by molar-refractivity contribution is 4.85. The zero-order chi connectivity index (χ0) is 7.44. The molecule has 0 rings (SSSR count). The van der Waals surface area contributed by atoms with Gasteiger partial charge in [0.05, 0.1) is 6.10 Å². The molecule has 0 aliphatic carbocycles. The van der Waals surface area contributed by atoms with E-state index < -0.39 is 6.10 Å². The summed E-state index contributed by atoms with van der Waals surface area (Å²) in [4.78, 5) is 0. The molecule has 2 heteroatoms. The van der Waals surface area contributed by atoms with E-state index in [1.807, 2.05) is 13.8 Å². The third-order valence-corrected chi connectivity index (χ3v) is 1.61. The van der Waals surface area contributed by atoms with Gasteiger partial charge in [0.1, 0.15) is 0 Å². The Balaban J connectivity index is 3.71. The Kier molecular flexibility index (Phi) is 3.50. The van der Waals surface area contributed by atoms with Gasteiger partial charge >= 0.3 is 0 Å². The van der Waals surface area contributed by atoms with Crippen LogP contribution in [0.3, 0.4) is 0 Å². The summed E-state index contributed by atoms with van der Waals surface area (Å²) in [7, 11) is 0. The summed E-state index contributed by atoms with van der Waals surface area (Å²) in [6.07, 6.45) is 1.04. The standard InChI is InChI=1S/C7H15NO/c1-4-7(9)5(2)6(3)8/h4-7,9H,1,8H2,2-3H3/t5-,6+,7?/m1/s1. The molecule has 0 heterocycles. The van der Waals surface area contributed by atoms with Crippen molar-refractivity contribution in [3.05, 3.63) is 12.7 Å². The average Bonchev–Trinajstić information content (AvgIpc) is 1.84. The summed E-state index contributed by atoms with van der Waals surface area (Å²) in [5.74, 6) is 0.0995. The molecule has 0 aliphatic heterocycles. The maximum absolute atomic E-state index is 9.10. The van der Waals surface area contributed by atoms with Crippen LogP contribution in [-0.2, 0) is 0 Å². The third-order valence-electron chi connectivity index (χ3n) is 1.61. The summed E-state index contributed by atoms with van der Waals surface area (Å²) in [6.45, 7) is 7.23. The number of hydrogen-bond donors (Lipinski definition) is 2. The summed E-state index contributed by atoms with van der Waals surface area (Å²) in [6, 6.07) is 0.0259. The molecule has 3 N–H and O–H groups in total. The minimum absolute atomic E-state index is 0.0259. The van der Waals surface area contributed by atoms with E-state index in [1.165, 1.54) is 6.08 Å². The van der Waals surface area contributed by atoms with E-state index in [4.69, 9.17) is 10.8 Å². The van der Waals surface area contributed by atoms with Gasteiger partial charge in [-0.25, -0.2) is 0 Å². The molecule has 0 saturated heterocycles. The van der Waals surface area contributed by atoms with Gasteiger partial charge in [-0.3, -0.25) is 0 Å². The van der Waals surface area contributed by atoms with E-state index in [2.05, 4.69) is 6.58 Å². The molecule has 0 aromatic heterocycles. The van der Waals surface area contributed by atoms with Crippen molar-refractivity contribution in [3.8, 4) is 0 Å². The second-order valence-electron chi connectivity index (χ2n) is 2.44. The summed E-state index contributed by atoms with van der Waals surface area (Å²) < 4.78 is 0. The quantitative estimate of drug-likeness (QED) is 0.546. The first kappa shape index (κ1) is 8.66. The molecule has 0 amide bonds. The number of aliphatic hydroxyl groups excluding tert-OH is 1. The number of nitrogens with two attached hydrogens (primary N) is 1. The summed E-state index contributed by atoms with van der Waals surface area (Å²) in [5, 5.41) is 9.10. The molecule has 3 atom stereocenters. The van der Waals surface area contributed by atoms with Crippen LogP contribution in [0, 0.1) is 5.92 Å². The topological polar surface area (TPSA) is 46.2 Å². The van der Waals surface area contributed by atoms with E-state index in [9.17, 15) is 0 Å². The van der Waals surface area contributed by atoms with Gasteiger partial charge in [-0.05, 0) is 6.92 Å². The fourth-order valence-electron chi connectivity index (χ4n) is 0.526. The van der Waals surface area contributed by atoms with Crippen molar-refractivity contribution in [2.45, 2.75) is 26.0 Å². The van der Waals surface area contributed by atoms with Gasteiger partial charge in [0.15, 0.2) is 0 Å². The molecule has 0 radical (unpaired) electrons. The molecule has 0 spiro atoms. The molecule has 0 aliphatic rings. The van der Waals surface area contributed by atoms with Crippen molar-refractivity contribution in [3.63, 3.8) is 0 Å². The molecule has 0 aromatic carbocycles. The van der Waals surface area contributed by atoms with Crippen LogP contribution in [0.4, 0.5) is 0 Å². The fourth-order valence-corrected chi connectivity index (χ4v) is 0.526. The van der Waals surface area contributed by atoms with Gasteiger partial charge in [-0.15, -0.1) is 6.58 Å². The molecule has 9 heavy (non-hydrogen) atoms. The average molecular weight is 129 g/mol. The molecular formula is C7H15NO. The van der Waals surface area contributed by atoms with E-state index >= 15 is 0 Å². The van der Waals surface area contributed by atoms with Crippen molar-refractivity contribution in [2.75, 3.05) is 0 Å². The normalized spacial score (nSPS) is 20.4. The van der Waals surface area contributed by atoms with Crippen LogP contribution in [0.1, 0.15) is 13.8 Å². The number of aliphatic hydroxyl groups is 1. The van der Waals surface area contributed by atoms with Gasteiger partial charge < -0.3 is 10.8 Å². The summed E-state index contributed by atoms with van der Waals surface area (Å²) in [5.41, 5.74) is 5.50.